The quantitative estimate of drug-likeness (QED) is 0.830. The van der Waals surface area contributed by atoms with Crippen molar-refractivity contribution in [1.29, 1.82) is 0 Å². The number of hydrogen-bond donors (Lipinski definition) is 2. The monoisotopic (exact) mass is 220 g/mol. The number of anilines is 2. The molecule has 0 unspecified atom stereocenters. The number of hydrogen-bond acceptors (Lipinski definition) is 5. The summed E-state index contributed by atoms with van der Waals surface area (Å²) in [4.78, 5) is 10.6. The maximum atomic E-state index is 5.52. The van der Waals surface area contributed by atoms with Crippen LogP contribution in [0.1, 0.15) is 9.75 Å². The number of nitrogens with one attached hydrogen (secondary N) is 1. The molecule has 0 spiro atoms. The summed E-state index contributed by atoms with van der Waals surface area (Å²) in [6.45, 7) is 2.85. The number of rotatable bonds is 3. The van der Waals surface area contributed by atoms with E-state index in [9.17, 15) is 0 Å². The highest BCUT2D eigenvalue weighted by molar-refractivity contribution is 7.11. The lowest BCUT2D eigenvalue weighted by atomic mass is 10.4. The van der Waals surface area contributed by atoms with E-state index in [1.165, 1.54) is 16.0 Å². The van der Waals surface area contributed by atoms with Crippen LogP contribution in [0.4, 0.5) is 11.6 Å². The van der Waals surface area contributed by atoms with Crippen molar-refractivity contribution in [3.8, 4) is 0 Å². The highest BCUT2D eigenvalue weighted by Gasteiger charge is 1.98. The van der Waals surface area contributed by atoms with Gasteiger partial charge >= 0.3 is 0 Å². The molecule has 0 radical (unpaired) electrons. The Labute approximate surface area is 92.2 Å². The average Bonchev–Trinajstić information content (AvgIpc) is 2.62. The van der Waals surface area contributed by atoms with Gasteiger partial charge in [-0.25, -0.2) is 4.98 Å². The summed E-state index contributed by atoms with van der Waals surface area (Å²) in [5.74, 6) is 1.14. The van der Waals surface area contributed by atoms with E-state index in [4.69, 9.17) is 5.73 Å². The van der Waals surface area contributed by atoms with Crippen LogP contribution < -0.4 is 11.1 Å². The van der Waals surface area contributed by atoms with Crippen LogP contribution in [0.25, 0.3) is 0 Å². The van der Waals surface area contributed by atoms with Crippen LogP contribution in [0.15, 0.2) is 24.5 Å². The Bertz CT molecular complexity index is 452. The number of aromatic nitrogens is 2. The minimum Gasteiger partial charge on any atom is -0.382 e. The molecule has 0 fully saturated rings. The maximum absolute atomic E-state index is 5.52. The van der Waals surface area contributed by atoms with E-state index < -0.39 is 0 Å². The highest BCUT2D eigenvalue weighted by Crippen LogP contribution is 2.16. The van der Waals surface area contributed by atoms with Gasteiger partial charge < -0.3 is 11.1 Å². The molecule has 2 aromatic heterocycles. The molecule has 2 heterocycles. The highest BCUT2D eigenvalue weighted by atomic mass is 32.1. The zero-order valence-electron chi connectivity index (χ0n) is 8.40. The van der Waals surface area contributed by atoms with Crippen molar-refractivity contribution in [2.24, 2.45) is 0 Å². The first-order valence-electron chi connectivity index (χ1n) is 4.61. The summed E-state index contributed by atoms with van der Waals surface area (Å²) < 4.78 is 0. The Morgan fingerprint density at radius 2 is 2.27 bits per heavy atom. The third kappa shape index (κ3) is 2.66. The molecule has 0 saturated heterocycles. The topological polar surface area (TPSA) is 63.8 Å². The van der Waals surface area contributed by atoms with E-state index in [-0.39, 0.29) is 0 Å². The van der Waals surface area contributed by atoms with Gasteiger partial charge in [0, 0.05) is 9.75 Å². The molecule has 0 saturated carbocycles. The van der Waals surface area contributed by atoms with E-state index in [0.717, 1.165) is 6.54 Å². The maximum Gasteiger partial charge on any atom is 0.147 e. The van der Waals surface area contributed by atoms with Crippen molar-refractivity contribution in [3.05, 3.63) is 34.3 Å². The average molecular weight is 220 g/mol. The molecule has 0 aliphatic rings. The van der Waals surface area contributed by atoms with Crippen LogP contribution in [0.2, 0.25) is 0 Å². The van der Waals surface area contributed by atoms with Gasteiger partial charge in [0.15, 0.2) is 0 Å². The van der Waals surface area contributed by atoms with Gasteiger partial charge in [0.05, 0.1) is 18.9 Å². The minimum absolute atomic E-state index is 0.433. The molecule has 0 aliphatic carbocycles. The zero-order chi connectivity index (χ0) is 10.7. The van der Waals surface area contributed by atoms with Gasteiger partial charge in [-0.15, -0.1) is 11.3 Å². The lowest BCUT2D eigenvalue weighted by Gasteiger charge is -2.03. The summed E-state index contributed by atoms with van der Waals surface area (Å²) in [5, 5.41) is 3.17. The molecule has 78 valence electrons. The van der Waals surface area contributed by atoms with E-state index in [0.29, 0.717) is 11.6 Å². The molecule has 0 aromatic carbocycles. The van der Waals surface area contributed by atoms with Crippen LogP contribution in [-0.2, 0) is 6.54 Å². The molecule has 2 aromatic rings. The Kier molecular flexibility index (Phi) is 2.82. The van der Waals surface area contributed by atoms with Crippen LogP contribution in [-0.4, -0.2) is 9.97 Å². The number of aryl methyl sites for hydroxylation is 1. The molecule has 2 rings (SSSR count). The third-order valence-corrected chi connectivity index (χ3v) is 2.89. The predicted molar refractivity (Wildman–Crippen MR) is 62.8 cm³/mol. The van der Waals surface area contributed by atoms with E-state index >= 15 is 0 Å². The minimum atomic E-state index is 0.433. The van der Waals surface area contributed by atoms with Crippen molar-refractivity contribution < 1.29 is 0 Å². The van der Waals surface area contributed by atoms with Crippen molar-refractivity contribution in [2.45, 2.75) is 13.5 Å². The van der Waals surface area contributed by atoms with Gasteiger partial charge in [-0.2, -0.15) is 0 Å². The predicted octanol–water partition coefficient (Wildman–Crippen LogP) is 2.04. The molecule has 5 heteroatoms. The number of nitrogens with zero attached hydrogens (tertiary/aromatic N) is 2. The molecule has 3 N–H and O–H groups in total. The first kappa shape index (κ1) is 9.92. The second-order valence-electron chi connectivity index (χ2n) is 3.20. The number of nitrogens with two attached hydrogens (primary N) is 1. The Morgan fingerprint density at radius 1 is 1.40 bits per heavy atom. The normalized spacial score (nSPS) is 10.2. The summed E-state index contributed by atoms with van der Waals surface area (Å²) in [5.41, 5.74) is 5.52. The second-order valence-corrected chi connectivity index (χ2v) is 4.57. The summed E-state index contributed by atoms with van der Waals surface area (Å²) in [6.07, 6.45) is 3.19. The van der Waals surface area contributed by atoms with Crippen LogP contribution >= 0.6 is 11.3 Å². The molecule has 15 heavy (non-hydrogen) atoms. The molecular formula is C10H12N4S. The van der Waals surface area contributed by atoms with Gasteiger partial charge in [0.25, 0.3) is 0 Å². The molecule has 0 aliphatic heterocycles. The van der Waals surface area contributed by atoms with Gasteiger partial charge in [0.2, 0.25) is 0 Å². The summed E-state index contributed by atoms with van der Waals surface area (Å²) >= 11 is 1.77. The Balaban J connectivity index is 1.99. The smallest absolute Gasteiger partial charge is 0.147 e. The first-order chi connectivity index (χ1) is 7.24. The molecule has 4 nitrogen and oxygen atoms in total. The van der Waals surface area contributed by atoms with E-state index in [2.05, 4.69) is 34.3 Å². The van der Waals surface area contributed by atoms with Gasteiger partial charge in [-0.3, -0.25) is 4.98 Å². The van der Waals surface area contributed by atoms with Gasteiger partial charge in [0.1, 0.15) is 11.6 Å². The van der Waals surface area contributed by atoms with Crippen molar-refractivity contribution in [1.82, 2.24) is 9.97 Å². The molecule has 0 bridgehead atoms. The van der Waals surface area contributed by atoms with Gasteiger partial charge in [-0.1, -0.05) is 0 Å². The second kappa shape index (κ2) is 4.27. The van der Waals surface area contributed by atoms with E-state index in [1.54, 1.807) is 17.5 Å². The fourth-order valence-electron chi connectivity index (χ4n) is 1.22. The lowest BCUT2D eigenvalue weighted by molar-refractivity contribution is 1.11. The SMILES string of the molecule is Cc1ccc(CNc2cncc(N)n2)s1. The van der Waals surface area contributed by atoms with Gasteiger partial charge in [-0.05, 0) is 19.1 Å². The largest absolute Gasteiger partial charge is 0.382 e. The van der Waals surface area contributed by atoms with Crippen LogP contribution in [0, 0.1) is 6.92 Å². The van der Waals surface area contributed by atoms with Crippen molar-refractivity contribution in [2.75, 3.05) is 11.1 Å². The standard InChI is InChI=1S/C10H12N4S/c1-7-2-3-8(15-7)4-13-10-6-12-5-9(11)14-10/h2-3,5-6H,4H2,1H3,(H3,11,13,14). The number of nitrogen functional groups attached to an aromatic ring is 1. The molecule has 0 amide bonds. The Hall–Kier alpha value is -1.62. The third-order valence-electron chi connectivity index (χ3n) is 1.89. The summed E-state index contributed by atoms with van der Waals surface area (Å²) in [6, 6.07) is 4.21. The van der Waals surface area contributed by atoms with E-state index in [1.807, 2.05) is 0 Å². The van der Waals surface area contributed by atoms with Crippen LogP contribution in [0.3, 0.4) is 0 Å². The van der Waals surface area contributed by atoms with Crippen molar-refractivity contribution in [3.63, 3.8) is 0 Å². The van der Waals surface area contributed by atoms with Crippen LogP contribution in [0.5, 0.6) is 0 Å². The number of thiophene rings is 1. The first-order valence-corrected chi connectivity index (χ1v) is 5.42. The lowest BCUT2D eigenvalue weighted by Crippen LogP contribution is -2.02. The fraction of sp³-hybridized carbons (Fsp3) is 0.200. The Morgan fingerprint density at radius 3 is 2.93 bits per heavy atom. The summed E-state index contributed by atoms with van der Waals surface area (Å²) in [7, 11) is 0. The molecular weight excluding hydrogens is 208 g/mol. The molecule has 0 atom stereocenters. The fourth-order valence-corrected chi connectivity index (χ4v) is 2.05. The zero-order valence-corrected chi connectivity index (χ0v) is 9.21. The van der Waals surface area contributed by atoms with Crippen molar-refractivity contribution >= 4 is 23.0 Å².